The van der Waals surface area contributed by atoms with Crippen LogP contribution in [0.25, 0.3) is 0 Å². The minimum Gasteiger partial charge on any atom is -0.462 e. The first kappa shape index (κ1) is 22.9. The second-order valence-corrected chi connectivity index (χ2v) is 7.71. The zero-order chi connectivity index (χ0) is 23.8. The molecule has 3 heterocycles. The Morgan fingerprint density at radius 2 is 2.06 bits per heavy atom. The summed E-state index contributed by atoms with van der Waals surface area (Å²) in [5.41, 5.74) is 2.64. The second kappa shape index (κ2) is 8.58. The van der Waals surface area contributed by atoms with E-state index in [4.69, 9.17) is 15.2 Å². The molecular formula is C21H19F5N4O3. The predicted molar refractivity (Wildman–Crippen MR) is 107 cm³/mol. The topological polar surface area (TPSA) is 98.8 Å². The molecule has 1 amide bonds. The average Bonchev–Trinajstić information content (AvgIpc) is 2.79. The summed E-state index contributed by atoms with van der Waals surface area (Å²) in [5.74, 6) is -2.27. The van der Waals surface area contributed by atoms with Crippen LogP contribution in [0.4, 0.5) is 27.6 Å². The number of amides is 1. The standard InChI is InChI=1S/C21H19F5N4O3/c22-10-20(14-9-32-6-5-17(14)33-19(27)30-20)13-7-12(2-3-15(13)23)29-18(31)16-4-1-11(8-28-16)21(24,25)26/h1-4,7-8,14,17H,5-6,9-10H2,(H2,27,30)(H,29,31)/t14-,17+,20+/m0/s1. The van der Waals surface area contributed by atoms with Gasteiger partial charge in [-0.05, 0) is 30.3 Å². The summed E-state index contributed by atoms with van der Waals surface area (Å²) < 4.78 is 78.4. The first-order chi connectivity index (χ1) is 15.6. The third kappa shape index (κ3) is 4.34. The Kier molecular flexibility index (Phi) is 5.95. The molecule has 0 bridgehead atoms. The number of ether oxygens (including phenoxy) is 2. The Balaban J connectivity index is 1.65. The molecule has 0 spiro atoms. The lowest BCUT2D eigenvalue weighted by molar-refractivity contribution is -0.137. The highest BCUT2D eigenvalue weighted by molar-refractivity contribution is 6.02. The van der Waals surface area contributed by atoms with Crippen molar-refractivity contribution in [2.75, 3.05) is 25.2 Å². The SMILES string of the molecule is NC1=N[C@](CF)(c2cc(NC(=O)c3ccc(C(F)(F)F)cn3)ccc2F)[C@H]2COCC[C@H]2O1. The number of pyridine rings is 1. The number of hydrogen-bond donors (Lipinski definition) is 2. The monoisotopic (exact) mass is 470 g/mol. The number of rotatable bonds is 4. The first-order valence-corrected chi connectivity index (χ1v) is 9.94. The largest absolute Gasteiger partial charge is 0.462 e. The van der Waals surface area contributed by atoms with Gasteiger partial charge in [0.1, 0.15) is 29.8 Å². The van der Waals surface area contributed by atoms with Gasteiger partial charge in [-0.3, -0.25) is 9.78 Å². The molecule has 0 aliphatic carbocycles. The molecule has 1 aromatic heterocycles. The fourth-order valence-corrected chi connectivity index (χ4v) is 4.05. The van der Waals surface area contributed by atoms with E-state index < -0.39 is 47.7 Å². The van der Waals surface area contributed by atoms with Crippen LogP contribution in [0.5, 0.6) is 0 Å². The molecule has 12 heteroatoms. The lowest BCUT2D eigenvalue weighted by Gasteiger charge is -2.45. The summed E-state index contributed by atoms with van der Waals surface area (Å²) >= 11 is 0. The number of nitrogens with two attached hydrogens (primary N) is 1. The van der Waals surface area contributed by atoms with Crippen molar-refractivity contribution in [1.29, 1.82) is 0 Å². The van der Waals surface area contributed by atoms with Crippen molar-refractivity contribution in [2.45, 2.75) is 24.2 Å². The van der Waals surface area contributed by atoms with Gasteiger partial charge in [0.05, 0.1) is 24.7 Å². The molecule has 176 valence electrons. The van der Waals surface area contributed by atoms with Gasteiger partial charge in [-0.1, -0.05) is 0 Å². The molecule has 4 rings (SSSR count). The number of carbonyl (C=O) groups excluding carboxylic acids is 1. The number of amidine groups is 1. The van der Waals surface area contributed by atoms with Crippen LogP contribution in [0.2, 0.25) is 0 Å². The fraction of sp³-hybridized carbons (Fsp3) is 0.381. The van der Waals surface area contributed by atoms with Crippen molar-refractivity contribution >= 4 is 17.6 Å². The molecule has 2 aromatic rings. The molecular weight excluding hydrogens is 451 g/mol. The normalized spacial score (nSPS) is 24.9. The summed E-state index contributed by atoms with van der Waals surface area (Å²) in [4.78, 5) is 20.1. The molecule has 1 aromatic carbocycles. The molecule has 0 saturated carbocycles. The van der Waals surface area contributed by atoms with Crippen molar-refractivity contribution in [3.63, 3.8) is 0 Å². The number of nitrogens with one attached hydrogen (secondary N) is 1. The van der Waals surface area contributed by atoms with Crippen LogP contribution in [-0.4, -0.2) is 42.9 Å². The van der Waals surface area contributed by atoms with Gasteiger partial charge in [0.25, 0.3) is 11.9 Å². The Hall–Kier alpha value is -3.28. The van der Waals surface area contributed by atoms with E-state index in [-0.39, 0.29) is 29.6 Å². The van der Waals surface area contributed by atoms with Crippen LogP contribution in [0.3, 0.4) is 0 Å². The van der Waals surface area contributed by atoms with Crippen LogP contribution in [0.1, 0.15) is 28.0 Å². The lowest BCUT2D eigenvalue weighted by Crippen LogP contribution is -2.54. The Morgan fingerprint density at radius 3 is 2.73 bits per heavy atom. The number of fused-ring (bicyclic) bond motifs is 1. The number of nitrogens with zero attached hydrogens (tertiary/aromatic N) is 2. The summed E-state index contributed by atoms with van der Waals surface area (Å²) in [6.07, 6.45) is -4.17. The zero-order valence-corrected chi connectivity index (χ0v) is 17.0. The highest BCUT2D eigenvalue weighted by Crippen LogP contribution is 2.44. The summed E-state index contributed by atoms with van der Waals surface area (Å²) in [6.45, 7) is -0.664. The summed E-state index contributed by atoms with van der Waals surface area (Å²) in [5, 5.41) is 2.43. The van der Waals surface area contributed by atoms with Crippen molar-refractivity contribution < 1.29 is 36.2 Å². The highest BCUT2D eigenvalue weighted by atomic mass is 19.4. The number of halogens is 5. The van der Waals surface area contributed by atoms with Gasteiger partial charge in [0, 0.05) is 23.9 Å². The smallest absolute Gasteiger partial charge is 0.417 e. The Bertz CT molecular complexity index is 1080. The maximum Gasteiger partial charge on any atom is 0.417 e. The molecule has 3 atom stereocenters. The zero-order valence-electron chi connectivity index (χ0n) is 17.0. The number of aliphatic imine (C=N–C) groups is 1. The predicted octanol–water partition coefficient (Wildman–Crippen LogP) is 3.41. The van der Waals surface area contributed by atoms with E-state index in [1.54, 1.807) is 0 Å². The van der Waals surface area contributed by atoms with E-state index in [0.717, 1.165) is 18.2 Å². The molecule has 7 nitrogen and oxygen atoms in total. The summed E-state index contributed by atoms with van der Waals surface area (Å²) in [6, 6.07) is 4.83. The van der Waals surface area contributed by atoms with Crippen molar-refractivity contribution in [2.24, 2.45) is 16.6 Å². The van der Waals surface area contributed by atoms with Gasteiger partial charge in [-0.15, -0.1) is 0 Å². The molecule has 0 unspecified atom stereocenters. The Labute approximate surface area is 184 Å². The van der Waals surface area contributed by atoms with Crippen LogP contribution in [0.15, 0.2) is 41.5 Å². The average molecular weight is 470 g/mol. The molecule has 2 aliphatic rings. The molecule has 3 N–H and O–H groups in total. The van der Waals surface area contributed by atoms with E-state index in [1.165, 1.54) is 12.1 Å². The maximum absolute atomic E-state index is 14.9. The van der Waals surface area contributed by atoms with E-state index >= 15 is 0 Å². The van der Waals surface area contributed by atoms with E-state index in [2.05, 4.69) is 15.3 Å². The van der Waals surface area contributed by atoms with Crippen molar-refractivity contribution in [1.82, 2.24) is 4.98 Å². The van der Waals surface area contributed by atoms with Gasteiger partial charge in [-0.2, -0.15) is 13.2 Å². The van der Waals surface area contributed by atoms with Gasteiger partial charge in [-0.25, -0.2) is 13.8 Å². The van der Waals surface area contributed by atoms with E-state index in [0.29, 0.717) is 19.2 Å². The maximum atomic E-state index is 14.9. The van der Waals surface area contributed by atoms with Crippen LogP contribution >= 0.6 is 0 Å². The third-order valence-electron chi connectivity index (χ3n) is 5.71. The number of anilines is 1. The first-order valence-electron chi connectivity index (χ1n) is 9.94. The number of carbonyl (C=O) groups is 1. The molecule has 2 aliphatic heterocycles. The summed E-state index contributed by atoms with van der Waals surface area (Å²) in [7, 11) is 0. The number of aromatic nitrogens is 1. The molecule has 0 radical (unpaired) electrons. The van der Waals surface area contributed by atoms with Gasteiger partial charge in [0.2, 0.25) is 0 Å². The number of benzene rings is 1. The lowest BCUT2D eigenvalue weighted by atomic mass is 9.74. The van der Waals surface area contributed by atoms with Crippen molar-refractivity contribution in [3.8, 4) is 0 Å². The van der Waals surface area contributed by atoms with Gasteiger partial charge < -0.3 is 20.5 Å². The van der Waals surface area contributed by atoms with Gasteiger partial charge >= 0.3 is 6.18 Å². The van der Waals surface area contributed by atoms with Crippen molar-refractivity contribution in [3.05, 3.63) is 59.2 Å². The quantitative estimate of drug-likeness (QED) is 0.668. The van der Waals surface area contributed by atoms with Gasteiger partial charge in [0.15, 0.2) is 0 Å². The van der Waals surface area contributed by atoms with E-state index in [9.17, 15) is 26.7 Å². The number of hydrogen-bond acceptors (Lipinski definition) is 6. The number of alkyl halides is 4. The third-order valence-corrected chi connectivity index (χ3v) is 5.71. The molecule has 1 saturated heterocycles. The minimum atomic E-state index is -4.60. The second-order valence-electron chi connectivity index (χ2n) is 7.71. The molecule has 1 fully saturated rings. The minimum absolute atomic E-state index is 0.0663. The fourth-order valence-electron chi connectivity index (χ4n) is 4.05. The highest BCUT2D eigenvalue weighted by Gasteiger charge is 2.52. The Morgan fingerprint density at radius 1 is 1.27 bits per heavy atom. The van der Waals surface area contributed by atoms with Crippen LogP contribution < -0.4 is 11.1 Å². The molecule has 33 heavy (non-hydrogen) atoms. The van der Waals surface area contributed by atoms with E-state index in [1.807, 2.05) is 0 Å². The van der Waals surface area contributed by atoms with Crippen LogP contribution in [-0.2, 0) is 21.2 Å². The van der Waals surface area contributed by atoms with Crippen LogP contribution in [0, 0.1) is 11.7 Å².